The first-order valence-electron chi connectivity index (χ1n) is 0.849. The van der Waals surface area contributed by atoms with Gasteiger partial charge in [0.05, 0.1) is 0 Å². The second-order valence-corrected chi connectivity index (χ2v) is 2.49. The van der Waals surface area contributed by atoms with E-state index in [-0.39, 0.29) is 5.48 Å². The van der Waals surface area contributed by atoms with Crippen LogP contribution in [0.15, 0.2) is 0 Å². The van der Waals surface area contributed by atoms with Crippen LogP contribution in [0.1, 0.15) is 0 Å². The monoisotopic (exact) mass is 213 g/mol. The normalized spacial score (nSPS) is 9.86. The van der Waals surface area contributed by atoms with Crippen LogP contribution in [-0.4, -0.2) is 18.4 Å². The van der Waals surface area contributed by atoms with Gasteiger partial charge in [-0.25, -0.2) is 0 Å². The van der Waals surface area contributed by atoms with E-state index in [9.17, 15) is 8.42 Å². The number of hydrogen-bond donors (Lipinski definition) is 1. The average molecular weight is 211 g/mol. The van der Waals surface area contributed by atoms with Crippen molar-refractivity contribution in [3.63, 3.8) is 0 Å². The van der Waals surface area contributed by atoms with Crippen molar-refractivity contribution in [1.82, 2.24) is 0 Å². The minimum absolute atomic E-state index is 0. The van der Waals surface area contributed by atoms with Gasteiger partial charge in [-0.2, -0.15) is 0 Å². The molecule has 0 saturated carbocycles. The Morgan fingerprint density at radius 3 is 1.71 bits per heavy atom. The maximum atomic E-state index is 9.34. The van der Waals surface area contributed by atoms with E-state index < -0.39 is 10.4 Å². The van der Waals surface area contributed by atoms with Crippen LogP contribution in [0.25, 0.3) is 0 Å². The molecule has 0 aromatic carbocycles. The zero-order valence-electron chi connectivity index (χ0n) is 2.99. The van der Waals surface area contributed by atoms with Crippen molar-refractivity contribution >= 4 is 10.4 Å². The van der Waals surface area contributed by atoms with E-state index in [1.165, 1.54) is 0 Å². The van der Waals surface area contributed by atoms with E-state index in [0.29, 0.717) is 0 Å². The van der Waals surface area contributed by atoms with Gasteiger partial charge in [-0.15, -0.1) is 0 Å². The SMILES string of the molecule is O.O=S(=O)(O)[O][Mo]. The third-order valence-electron chi connectivity index (χ3n) is 0.0860. The van der Waals surface area contributed by atoms with E-state index in [2.05, 4.69) is 2.84 Å². The maximum absolute atomic E-state index is 9.34. The van der Waals surface area contributed by atoms with Crippen molar-refractivity contribution in [1.29, 1.82) is 0 Å². The van der Waals surface area contributed by atoms with Crippen molar-refractivity contribution < 1.29 is 41.5 Å². The summed E-state index contributed by atoms with van der Waals surface area (Å²) in [7, 11) is -4.16. The molecule has 3 N–H and O–H groups in total. The summed E-state index contributed by atoms with van der Waals surface area (Å²) in [6.45, 7) is 0. The third kappa shape index (κ3) is 10.8. The molecule has 0 unspecified atom stereocenters. The van der Waals surface area contributed by atoms with E-state index in [0.717, 1.165) is 20.2 Å². The molecule has 0 spiro atoms. The quantitative estimate of drug-likeness (QED) is 0.419. The fraction of sp³-hybridized carbons (Fsp3) is 0. The number of rotatable bonds is 1. The summed E-state index contributed by atoms with van der Waals surface area (Å²) in [6, 6.07) is 0. The molecule has 0 radical (unpaired) electrons. The van der Waals surface area contributed by atoms with Crippen molar-refractivity contribution in [2.75, 3.05) is 0 Å². The molecule has 0 bridgehead atoms. The summed E-state index contributed by atoms with van der Waals surface area (Å²) in [5.74, 6) is 0. The van der Waals surface area contributed by atoms with Crippen LogP contribution >= 0.6 is 0 Å². The topological polar surface area (TPSA) is 95.1 Å². The first-order chi connectivity index (χ1) is 2.56. The Kier molecular flexibility index (Phi) is 5.26. The van der Waals surface area contributed by atoms with Crippen molar-refractivity contribution in [3.8, 4) is 0 Å². The Labute approximate surface area is 52.3 Å². The molecule has 0 aromatic rings. The molecule has 0 fully saturated rings. The van der Waals surface area contributed by atoms with Crippen LogP contribution in [0.4, 0.5) is 0 Å². The second kappa shape index (κ2) is 3.51. The minimum atomic E-state index is -4.16. The zero-order valence-corrected chi connectivity index (χ0v) is 5.81. The van der Waals surface area contributed by atoms with Crippen LogP contribution in [-0.2, 0) is 33.4 Å². The molecule has 0 atom stereocenters. The van der Waals surface area contributed by atoms with Gasteiger partial charge in [-0.3, -0.25) is 0 Å². The van der Waals surface area contributed by atoms with Gasteiger partial charge in [0.1, 0.15) is 0 Å². The van der Waals surface area contributed by atoms with Crippen LogP contribution in [0.5, 0.6) is 0 Å². The molecule has 0 amide bonds. The van der Waals surface area contributed by atoms with Gasteiger partial charge in [0.25, 0.3) is 0 Å². The average Bonchev–Trinajstić information content (AvgIpc) is 1.35. The van der Waals surface area contributed by atoms with Gasteiger partial charge in [-0.05, 0) is 0 Å². The van der Waals surface area contributed by atoms with E-state index in [1.54, 1.807) is 0 Å². The third-order valence-corrected chi connectivity index (χ3v) is 1.53. The predicted molar refractivity (Wildman–Crippen MR) is 16.2 cm³/mol. The summed E-state index contributed by atoms with van der Waals surface area (Å²) < 4.78 is 29.7. The first kappa shape index (κ1) is 10.5. The summed E-state index contributed by atoms with van der Waals surface area (Å²) in [5, 5.41) is 0. The molecule has 0 aliphatic heterocycles. The molecule has 7 heavy (non-hydrogen) atoms. The molecule has 7 heteroatoms. The Balaban J connectivity index is 0. The fourth-order valence-electron chi connectivity index (χ4n) is 0. The van der Waals surface area contributed by atoms with Gasteiger partial charge in [-0.1, -0.05) is 0 Å². The molecule has 0 aliphatic carbocycles. The van der Waals surface area contributed by atoms with Gasteiger partial charge >= 0.3 is 46.4 Å². The molecular weight excluding hydrogens is 208 g/mol. The van der Waals surface area contributed by atoms with Crippen LogP contribution in [0.2, 0.25) is 0 Å². The van der Waals surface area contributed by atoms with Crippen molar-refractivity contribution in [2.24, 2.45) is 0 Å². The van der Waals surface area contributed by atoms with E-state index >= 15 is 0 Å². The van der Waals surface area contributed by atoms with Crippen molar-refractivity contribution in [2.45, 2.75) is 0 Å². The van der Waals surface area contributed by atoms with E-state index in [4.69, 9.17) is 4.55 Å². The Bertz CT molecular complexity index is 110. The van der Waals surface area contributed by atoms with Gasteiger partial charge < -0.3 is 5.48 Å². The standard InChI is InChI=1S/Mo.H2O4S.H2O/c;1-5(2,3)4;/h;(H2,1,2,3,4);1H2/q+1;;/p-1. The zero-order chi connectivity index (χ0) is 5.21. The molecule has 0 saturated heterocycles. The molecule has 0 aliphatic rings. The van der Waals surface area contributed by atoms with Crippen LogP contribution < -0.4 is 0 Å². The fourth-order valence-corrected chi connectivity index (χ4v) is 0. The summed E-state index contributed by atoms with van der Waals surface area (Å²) in [6.07, 6.45) is 0. The molecular formula is H3MoO5S. The molecule has 0 rings (SSSR count). The van der Waals surface area contributed by atoms with Crippen LogP contribution in [0.3, 0.4) is 0 Å². The summed E-state index contributed by atoms with van der Waals surface area (Å²) in [5.41, 5.74) is 0. The van der Waals surface area contributed by atoms with Gasteiger partial charge in [0.15, 0.2) is 0 Å². The molecule has 5 nitrogen and oxygen atoms in total. The van der Waals surface area contributed by atoms with E-state index in [1.807, 2.05) is 0 Å². The predicted octanol–water partition coefficient (Wildman–Crippen LogP) is -1.56. The van der Waals surface area contributed by atoms with Crippen LogP contribution in [0, 0.1) is 0 Å². The van der Waals surface area contributed by atoms with Gasteiger partial charge in [0, 0.05) is 0 Å². The Morgan fingerprint density at radius 2 is 1.71 bits per heavy atom. The second-order valence-electron chi connectivity index (χ2n) is 0.496. The molecule has 0 heterocycles. The molecule has 45 valence electrons. The van der Waals surface area contributed by atoms with Crippen molar-refractivity contribution in [3.05, 3.63) is 0 Å². The summed E-state index contributed by atoms with van der Waals surface area (Å²) >= 11 is 0.808. The Morgan fingerprint density at radius 1 is 1.57 bits per heavy atom. The number of hydrogen-bond acceptors (Lipinski definition) is 3. The Hall–Kier alpha value is 0.518. The molecule has 0 aromatic heterocycles. The van der Waals surface area contributed by atoms with Gasteiger partial charge in [0.2, 0.25) is 0 Å². The first-order valence-corrected chi connectivity index (χ1v) is 3.03. The summed E-state index contributed by atoms with van der Waals surface area (Å²) in [4.78, 5) is 0.